The van der Waals surface area contributed by atoms with Gasteiger partial charge in [-0.15, -0.1) is 0 Å². The molecule has 0 nitrogen and oxygen atoms in total. The summed E-state index contributed by atoms with van der Waals surface area (Å²) in [5.41, 5.74) is 5.17. The van der Waals surface area contributed by atoms with Crippen LogP contribution in [0.3, 0.4) is 0 Å². The van der Waals surface area contributed by atoms with Crippen molar-refractivity contribution in [3.63, 3.8) is 0 Å². The van der Waals surface area contributed by atoms with Crippen molar-refractivity contribution >= 4 is 0 Å². The largest absolute Gasteiger partial charge is 0.0758 e. The molecular weight excluding hydrogens is 300 g/mol. The van der Waals surface area contributed by atoms with Crippen molar-refractivity contribution in [2.75, 3.05) is 0 Å². The van der Waals surface area contributed by atoms with E-state index in [4.69, 9.17) is 0 Å². The zero-order valence-electron chi connectivity index (χ0n) is 14.5. The fraction of sp³-hybridized carbons (Fsp3) is 0.120. The maximum atomic E-state index is 2.35. The highest BCUT2D eigenvalue weighted by Gasteiger charge is 2.43. The van der Waals surface area contributed by atoms with E-state index in [0.29, 0.717) is 5.92 Å². The maximum Gasteiger partial charge on any atom is 0.0550 e. The number of hydrogen-bond donors (Lipinski definition) is 0. The van der Waals surface area contributed by atoms with Gasteiger partial charge in [0.15, 0.2) is 0 Å². The maximum absolute atomic E-state index is 2.35. The first-order chi connectivity index (χ1) is 12.3. The molecule has 1 aliphatic carbocycles. The van der Waals surface area contributed by atoms with Crippen LogP contribution in [0.2, 0.25) is 0 Å². The predicted molar refractivity (Wildman–Crippen MR) is 106 cm³/mol. The van der Waals surface area contributed by atoms with Crippen LogP contribution in [0, 0.1) is 5.92 Å². The van der Waals surface area contributed by atoms with Crippen molar-refractivity contribution in [3.05, 3.63) is 131 Å². The van der Waals surface area contributed by atoms with E-state index in [9.17, 15) is 0 Å². The summed E-state index contributed by atoms with van der Waals surface area (Å²) >= 11 is 0. The first-order valence-electron chi connectivity index (χ1n) is 8.85. The SMILES string of the molecule is CC1=CC=CC1C(c1ccccc1)(c1ccccc1)c1ccccc1. The fourth-order valence-corrected chi connectivity index (χ4v) is 4.20. The minimum Gasteiger partial charge on any atom is -0.0758 e. The number of benzene rings is 3. The summed E-state index contributed by atoms with van der Waals surface area (Å²) in [5, 5.41) is 0. The van der Waals surface area contributed by atoms with Gasteiger partial charge >= 0.3 is 0 Å². The zero-order chi connectivity index (χ0) is 17.1. The molecule has 1 atom stereocenters. The van der Waals surface area contributed by atoms with Gasteiger partial charge < -0.3 is 0 Å². The Morgan fingerprint density at radius 2 is 1.00 bits per heavy atom. The highest BCUT2D eigenvalue weighted by atomic mass is 14.4. The molecule has 4 rings (SSSR count). The van der Waals surface area contributed by atoms with Gasteiger partial charge in [-0.05, 0) is 23.6 Å². The lowest BCUT2D eigenvalue weighted by Crippen LogP contribution is -2.37. The van der Waals surface area contributed by atoms with Crippen LogP contribution in [-0.2, 0) is 5.41 Å². The Hall–Kier alpha value is -2.86. The third-order valence-electron chi connectivity index (χ3n) is 5.31. The molecular formula is C25H22. The first-order valence-corrected chi connectivity index (χ1v) is 8.85. The van der Waals surface area contributed by atoms with Gasteiger partial charge in [0.05, 0.1) is 5.41 Å². The van der Waals surface area contributed by atoms with Gasteiger partial charge in [-0.25, -0.2) is 0 Å². The van der Waals surface area contributed by atoms with E-state index >= 15 is 0 Å². The van der Waals surface area contributed by atoms with E-state index in [1.54, 1.807) is 0 Å². The van der Waals surface area contributed by atoms with Crippen molar-refractivity contribution in [1.29, 1.82) is 0 Å². The Kier molecular flexibility index (Phi) is 4.11. The number of rotatable bonds is 4. The lowest BCUT2D eigenvalue weighted by molar-refractivity contribution is 0.507. The Balaban J connectivity index is 2.09. The summed E-state index contributed by atoms with van der Waals surface area (Å²) in [5.74, 6) is 0.305. The molecule has 0 bridgehead atoms. The van der Waals surface area contributed by atoms with Gasteiger partial charge in [-0.2, -0.15) is 0 Å². The Morgan fingerprint density at radius 1 is 0.600 bits per heavy atom. The minimum absolute atomic E-state index is 0.225. The topological polar surface area (TPSA) is 0 Å². The van der Waals surface area contributed by atoms with Crippen LogP contribution in [0.15, 0.2) is 115 Å². The molecule has 0 aliphatic heterocycles. The molecule has 0 heterocycles. The molecule has 0 fully saturated rings. The molecule has 25 heavy (non-hydrogen) atoms. The third-order valence-corrected chi connectivity index (χ3v) is 5.31. The van der Waals surface area contributed by atoms with E-state index in [1.807, 2.05) is 0 Å². The summed E-state index contributed by atoms with van der Waals surface area (Å²) in [7, 11) is 0. The fourth-order valence-electron chi connectivity index (χ4n) is 4.20. The molecule has 122 valence electrons. The van der Waals surface area contributed by atoms with Crippen molar-refractivity contribution in [2.24, 2.45) is 5.92 Å². The Morgan fingerprint density at radius 3 is 1.32 bits per heavy atom. The van der Waals surface area contributed by atoms with Gasteiger partial charge in [0.2, 0.25) is 0 Å². The summed E-state index contributed by atoms with van der Waals surface area (Å²) in [6.07, 6.45) is 6.79. The van der Waals surface area contributed by atoms with E-state index in [-0.39, 0.29) is 5.41 Å². The van der Waals surface area contributed by atoms with Gasteiger partial charge in [0, 0.05) is 5.92 Å². The van der Waals surface area contributed by atoms with Crippen molar-refractivity contribution < 1.29 is 0 Å². The summed E-state index contributed by atoms with van der Waals surface area (Å²) in [6, 6.07) is 32.7. The Labute approximate surface area is 150 Å². The van der Waals surface area contributed by atoms with E-state index in [1.165, 1.54) is 22.3 Å². The highest BCUT2D eigenvalue weighted by Crippen LogP contribution is 2.49. The zero-order valence-corrected chi connectivity index (χ0v) is 14.5. The lowest BCUT2D eigenvalue weighted by atomic mass is 9.60. The van der Waals surface area contributed by atoms with Crippen LogP contribution >= 0.6 is 0 Å². The summed E-state index contributed by atoms with van der Waals surface area (Å²) < 4.78 is 0. The van der Waals surface area contributed by atoms with Crippen LogP contribution in [0.25, 0.3) is 0 Å². The molecule has 0 amide bonds. The molecule has 0 saturated carbocycles. The molecule has 0 saturated heterocycles. The molecule has 1 unspecified atom stereocenters. The van der Waals surface area contributed by atoms with Gasteiger partial charge in [0.25, 0.3) is 0 Å². The van der Waals surface area contributed by atoms with Crippen LogP contribution in [0.5, 0.6) is 0 Å². The molecule has 0 radical (unpaired) electrons. The molecule has 0 aromatic heterocycles. The standard InChI is InChI=1S/C25H22/c1-20-12-11-19-24(20)25(21-13-5-2-6-14-21,22-15-7-3-8-16-22)23-17-9-4-10-18-23/h2-19,24H,1H3. The molecule has 0 N–H and O–H groups in total. The Bertz CT molecular complexity index is 790. The average molecular weight is 322 g/mol. The van der Waals surface area contributed by atoms with Crippen LogP contribution in [-0.4, -0.2) is 0 Å². The van der Waals surface area contributed by atoms with E-state index < -0.39 is 0 Å². The molecule has 1 aliphatic rings. The average Bonchev–Trinajstić information content (AvgIpc) is 3.12. The van der Waals surface area contributed by atoms with Crippen LogP contribution in [0.1, 0.15) is 23.6 Å². The van der Waals surface area contributed by atoms with Gasteiger partial charge in [-0.1, -0.05) is 115 Å². The lowest BCUT2D eigenvalue weighted by Gasteiger charge is -2.41. The van der Waals surface area contributed by atoms with Crippen molar-refractivity contribution in [3.8, 4) is 0 Å². The second-order valence-electron chi connectivity index (χ2n) is 6.68. The molecule has 0 spiro atoms. The third kappa shape index (κ3) is 2.55. The normalized spacial score (nSPS) is 16.7. The first kappa shape index (κ1) is 15.7. The second-order valence-corrected chi connectivity index (χ2v) is 6.68. The number of allylic oxidation sites excluding steroid dienone is 4. The van der Waals surface area contributed by atoms with E-state index in [0.717, 1.165) is 0 Å². The molecule has 3 aromatic rings. The monoisotopic (exact) mass is 322 g/mol. The van der Waals surface area contributed by atoms with E-state index in [2.05, 4.69) is 116 Å². The van der Waals surface area contributed by atoms with Gasteiger partial charge in [-0.3, -0.25) is 0 Å². The summed E-state index contributed by atoms with van der Waals surface area (Å²) in [6.45, 7) is 2.24. The van der Waals surface area contributed by atoms with Gasteiger partial charge in [0.1, 0.15) is 0 Å². The second kappa shape index (κ2) is 6.57. The molecule has 3 aromatic carbocycles. The van der Waals surface area contributed by atoms with Crippen molar-refractivity contribution in [2.45, 2.75) is 12.3 Å². The molecule has 0 heteroatoms. The summed E-state index contributed by atoms with van der Waals surface area (Å²) in [4.78, 5) is 0. The highest BCUT2D eigenvalue weighted by molar-refractivity contribution is 5.55. The predicted octanol–water partition coefficient (Wildman–Crippen LogP) is 6.15. The van der Waals surface area contributed by atoms with Crippen molar-refractivity contribution in [1.82, 2.24) is 0 Å². The smallest absolute Gasteiger partial charge is 0.0550 e. The van der Waals surface area contributed by atoms with Crippen LogP contribution < -0.4 is 0 Å². The quantitative estimate of drug-likeness (QED) is 0.505. The minimum atomic E-state index is -0.225. The van der Waals surface area contributed by atoms with Crippen LogP contribution in [0.4, 0.5) is 0 Å². The number of hydrogen-bond acceptors (Lipinski definition) is 0.